The van der Waals surface area contributed by atoms with Crippen molar-refractivity contribution in [2.75, 3.05) is 0 Å². The van der Waals surface area contributed by atoms with Gasteiger partial charge in [-0.3, -0.25) is 4.79 Å². The van der Waals surface area contributed by atoms with Gasteiger partial charge in [0.05, 0.1) is 5.56 Å². The number of nitrogens with zero attached hydrogens (tertiary/aromatic N) is 1. The van der Waals surface area contributed by atoms with E-state index in [1.54, 1.807) is 24.3 Å². The van der Waals surface area contributed by atoms with Crippen molar-refractivity contribution in [2.24, 2.45) is 7.05 Å². The summed E-state index contributed by atoms with van der Waals surface area (Å²) in [5, 5.41) is 9.52. The summed E-state index contributed by atoms with van der Waals surface area (Å²) in [5.74, 6) is -0.192. The third-order valence-corrected chi connectivity index (χ3v) is 2.45. The van der Waals surface area contributed by atoms with Crippen molar-refractivity contribution in [1.82, 2.24) is 4.57 Å². The fourth-order valence-corrected chi connectivity index (χ4v) is 1.57. The Kier molecular flexibility index (Phi) is 3.10. The summed E-state index contributed by atoms with van der Waals surface area (Å²) in [6.45, 7) is 0. The monoisotopic (exact) mass is 227 g/mol. The lowest BCUT2D eigenvalue weighted by Gasteiger charge is -1.98. The minimum atomic E-state index is -0.202. The first-order chi connectivity index (χ1) is 8.16. The molecule has 86 valence electrons. The van der Waals surface area contributed by atoms with Crippen LogP contribution in [0.4, 0.5) is 0 Å². The third-order valence-electron chi connectivity index (χ3n) is 2.45. The van der Waals surface area contributed by atoms with E-state index >= 15 is 0 Å². The molecule has 0 aliphatic rings. The predicted octanol–water partition coefficient (Wildman–Crippen LogP) is 2.63. The lowest BCUT2D eigenvalue weighted by Crippen LogP contribution is -1.93. The maximum atomic E-state index is 11.8. The van der Waals surface area contributed by atoms with Crippen LogP contribution >= 0.6 is 0 Å². The number of carbonyl (C=O) groups is 1. The van der Waals surface area contributed by atoms with E-state index < -0.39 is 0 Å². The molecule has 1 heterocycles. The Labute approximate surface area is 99.6 Å². The van der Waals surface area contributed by atoms with Crippen molar-refractivity contribution in [3.63, 3.8) is 0 Å². The molecule has 1 N–H and O–H groups in total. The Morgan fingerprint density at radius 1 is 1.29 bits per heavy atom. The van der Waals surface area contributed by atoms with Crippen molar-refractivity contribution >= 4 is 11.9 Å². The summed E-state index contributed by atoms with van der Waals surface area (Å²) >= 11 is 0. The summed E-state index contributed by atoms with van der Waals surface area (Å²) in [4.78, 5) is 11.8. The molecule has 0 saturated heterocycles. The van der Waals surface area contributed by atoms with Gasteiger partial charge in [-0.15, -0.1) is 0 Å². The van der Waals surface area contributed by atoms with E-state index in [-0.39, 0.29) is 11.5 Å². The van der Waals surface area contributed by atoms with E-state index in [4.69, 9.17) is 0 Å². The Bertz CT molecular complexity index is 567. The average Bonchev–Trinajstić information content (AvgIpc) is 2.73. The van der Waals surface area contributed by atoms with Crippen LogP contribution in [0.2, 0.25) is 0 Å². The number of carbonyl (C=O) groups excluding carboxylic acids is 1. The minimum Gasteiger partial charge on any atom is -0.507 e. The highest BCUT2D eigenvalue weighted by Gasteiger charge is 2.06. The number of phenolic OH excluding ortho intramolecular Hbond substituents is 1. The van der Waals surface area contributed by atoms with Crippen LogP contribution in [0, 0.1) is 0 Å². The van der Waals surface area contributed by atoms with Crippen LogP contribution in [0.25, 0.3) is 6.08 Å². The second kappa shape index (κ2) is 4.70. The molecule has 0 aliphatic heterocycles. The molecule has 1 aromatic heterocycles. The zero-order chi connectivity index (χ0) is 12.3. The molecule has 0 amide bonds. The number of phenols is 1. The lowest BCUT2D eigenvalue weighted by atomic mass is 10.1. The first-order valence-electron chi connectivity index (χ1n) is 5.29. The molecule has 3 nitrogen and oxygen atoms in total. The molecule has 0 atom stereocenters. The first-order valence-corrected chi connectivity index (χ1v) is 5.29. The molecule has 2 aromatic rings. The van der Waals surface area contributed by atoms with Gasteiger partial charge in [-0.05, 0) is 35.9 Å². The van der Waals surface area contributed by atoms with Gasteiger partial charge in [0.2, 0.25) is 0 Å². The molecule has 17 heavy (non-hydrogen) atoms. The number of benzene rings is 1. The molecule has 0 fully saturated rings. The Balaban J connectivity index is 2.17. The molecule has 2 rings (SSSR count). The summed E-state index contributed by atoms with van der Waals surface area (Å²) in [5.41, 5.74) is 1.27. The first kappa shape index (κ1) is 11.2. The maximum Gasteiger partial charge on any atom is 0.189 e. The molecular weight excluding hydrogens is 214 g/mol. The van der Waals surface area contributed by atoms with Gasteiger partial charge in [0, 0.05) is 19.4 Å². The van der Waals surface area contributed by atoms with Gasteiger partial charge in [-0.25, -0.2) is 0 Å². The van der Waals surface area contributed by atoms with E-state index in [2.05, 4.69) is 0 Å². The van der Waals surface area contributed by atoms with Crippen molar-refractivity contribution in [1.29, 1.82) is 0 Å². The zero-order valence-electron chi connectivity index (χ0n) is 9.50. The summed E-state index contributed by atoms with van der Waals surface area (Å²) in [6.07, 6.45) is 7.01. The fourth-order valence-electron chi connectivity index (χ4n) is 1.57. The third kappa shape index (κ3) is 2.64. The summed E-state index contributed by atoms with van der Waals surface area (Å²) < 4.78 is 1.91. The molecule has 0 aliphatic carbocycles. The number of hydrogen-bond donors (Lipinski definition) is 1. The van der Waals surface area contributed by atoms with Crippen LogP contribution in [0.5, 0.6) is 5.75 Å². The predicted molar refractivity (Wildman–Crippen MR) is 66.9 cm³/mol. The lowest BCUT2D eigenvalue weighted by molar-refractivity contribution is 0.104. The fraction of sp³-hybridized carbons (Fsp3) is 0.0714. The number of ketones is 1. The molecule has 0 radical (unpaired) electrons. The number of hydrogen-bond acceptors (Lipinski definition) is 2. The van der Waals surface area contributed by atoms with Gasteiger partial charge in [0.25, 0.3) is 0 Å². The molecule has 0 spiro atoms. The highest BCUT2D eigenvalue weighted by molar-refractivity contribution is 6.08. The largest absolute Gasteiger partial charge is 0.507 e. The van der Waals surface area contributed by atoms with Crippen molar-refractivity contribution < 1.29 is 9.90 Å². The van der Waals surface area contributed by atoms with Gasteiger partial charge in [-0.1, -0.05) is 12.1 Å². The van der Waals surface area contributed by atoms with Crippen LogP contribution < -0.4 is 0 Å². The van der Waals surface area contributed by atoms with Gasteiger partial charge >= 0.3 is 0 Å². The van der Waals surface area contributed by atoms with Crippen LogP contribution in [-0.2, 0) is 7.05 Å². The van der Waals surface area contributed by atoms with Gasteiger partial charge in [0.15, 0.2) is 5.78 Å². The van der Waals surface area contributed by atoms with E-state index in [0.717, 1.165) is 5.56 Å². The van der Waals surface area contributed by atoms with Crippen LogP contribution in [0.3, 0.4) is 0 Å². The highest BCUT2D eigenvalue weighted by atomic mass is 16.3. The number of rotatable bonds is 3. The standard InChI is InChI=1S/C14H13NO2/c1-15-9-8-11(10-15)6-7-14(17)12-4-2-3-5-13(12)16/h2-10,16H,1H3. The van der Waals surface area contributed by atoms with Gasteiger partial charge in [0.1, 0.15) is 5.75 Å². The molecular formula is C14H13NO2. The second-order valence-electron chi connectivity index (χ2n) is 3.83. The average molecular weight is 227 g/mol. The van der Waals surface area contributed by atoms with Gasteiger partial charge in [-0.2, -0.15) is 0 Å². The van der Waals surface area contributed by atoms with E-state index in [0.29, 0.717) is 5.56 Å². The van der Waals surface area contributed by atoms with E-state index in [9.17, 15) is 9.90 Å². The SMILES string of the molecule is Cn1ccc(C=CC(=O)c2ccccc2O)c1. The van der Waals surface area contributed by atoms with Crippen LogP contribution in [0.1, 0.15) is 15.9 Å². The number of aryl methyl sites for hydroxylation is 1. The normalized spacial score (nSPS) is 10.9. The minimum absolute atomic E-state index is 0.00946. The summed E-state index contributed by atoms with van der Waals surface area (Å²) in [6, 6.07) is 8.43. The smallest absolute Gasteiger partial charge is 0.189 e. The molecule has 0 unspecified atom stereocenters. The Morgan fingerprint density at radius 3 is 2.71 bits per heavy atom. The number of aromatic hydroxyl groups is 1. The van der Waals surface area contributed by atoms with Crippen molar-refractivity contribution in [2.45, 2.75) is 0 Å². The topological polar surface area (TPSA) is 42.2 Å². The quantitative estimate of drug-likeness (QED) is 0.647. The van der Waals surface area contributed by atoms with Crippen molar-refractivity contribution in [3.8, 4) is 5.75 Å². The molecule has 3 heteroatoms. The van der Waals surface area contributed by atoms with Gasteiger partial charge < -0.3 is 9.67 Å². The van der Waals surface area contributed by atoms with E-state index in [1.807, 2.05) is 30.1 Å². The van der Waals surface area contributed by atoms with Crippen molar-refractivity contribution in [3.05, 3.63) is 59.9 Å². The van der Waals surface area contributed by atoms with Crippen LogP contribution in [-0.4, -0.2) is 15.5 Å². The number of allylic oxidation sites excluding steroid dienone is 1. The number of aromatic nitrogens is 1. The van der Waals surface area contributed by atoms with Crippen LogP contribution in [0.15, 0.2) is 48.8 Å². The second-order valence-corrected chi connectivity index (χ2v) is 3.83. The number of para-hydroxylation sites is 1. The zero-order valence-corrected chi connectivity index (χ0v) is 9.50. The Hall–Kier alpha value is -2.29. The Morgan fingerprint density at radius 2 is 2.06 bits per heavy atom. The molecule has 0 bridgehead atoms. The summed E-state index contributed by atoms with van der Waals surface area (Å²) in [7, 11) is 1.92. The molecule has 0 saturated carbocycles. The maximum absolute atomic E-state index is 11.8. The van der Waals surface area contributed by atoms with E-state index in [1.165, 1.54) is 12.1 Å². The molecule has 1 aromatic carbocycles. The highest BCUT2D eigenvalue weighted by Crippen LogP contribution is 2.17.